The number of methoxy groups -OCH3 is 1. The number of fused-ring (bicyclic) bond motifs is 3. The molecule has 1 aromatic heterocycles. The van der Waals surface area contributed by atoms with Gasteiger partial charge < -0.3 is 25.0 Å². The number of hydrogen-bond donors (Lipinski definition) is 3. The minimum Gasteiger partial charge on any atom is -0.481 e. The number of amides is 1. The number of ether oxygens (including phenoxy) is 2. The number of rotatable bonds is 7. The van der Waals surface area contributed by atoms with E-state index in [2.05, 4.69) is 22.4 Å². The second kappa shape index (κ2) is 9.16. The van der Waals surface area contributed by atoms with Crippen LogP contribution in [0.4, 0.5) is 4.79 Å². The number of pyridine rings is 1. The quantitative estimate of drug-likeness (QED) is 0.543. The molecular formula is C24H24N2O5. The van der Waals surface area contributed by atoms with Crippen molar-refractivity contribution in [3.05, 3.63) is 83.6 Å². The predicted molar refractivity (Wildman–Crippen MR) is 115 cm³/mol. The summed E-state index contributed by atoms with van der Waals surface area (Å²) in [6, 6.07) is 19.4. The molecule has 0 spiro atoms. The molecule has 2 atom stereocenters. The number of carbonyl (C=O) groups excluding carboxylic acids is 1. The van der Waals surface area contributed by atoms with Gasteiger partial charge in [0, 0.05) is 24.2 Å². The van der Waals surface area contributed by atoms with Crippen molar-refractivity contribution in [1.29, 1.82) is 0 Å². The van der Waals surface area contributed by atoms with Crippen LogP contribution >= 0.6 is 0 Å². The summed E-state index contributed by atoms with van der Waals surface area (Å²) >= 11 is 0. The molecule has 0 radical (unpaired) electrons. The van der Waals surface area contributed by atoms with Crippen molar-refractivity contribution in [2.45, 2.75) is 18.1 Å². The van der Waals surface area contributed by atoms with Crippen molar-refractivity contribution in [3.63, 3.8) is 0 Å². The molecule has 0 bridgehead atoms. The average Bonchev–Trinajstić information content (AvgIpc) is 3.14. The first kappa shape index (κ1) is 20.8. The van der Waals surface area contributed by atoms with Crippen LogP contribution in [0.1, 0.15) is 28.7 Å². The highest BCUT2D eigenvalue weighted by molar-refractivity contribution is 5.79. The monoisotopic (exact) mass is 420 g/mol. The zero-order valence-corrected chi connectivity index (χ0v) is 17.1. The number of nitrogens with zero attached hydrogens (tertiary/aromatic N) is 1. The van der Waals surface area contributed by atoms with E-state index in [0.717, 1.165) is 22.3 Å². The Morgan fingerprint density at radius 2 is 1.68 bits per heavy atom. The van der Waals surface area contributed by atoms with Crippen molar-refractivity contribution >= 4 is 6.09 Å². The summed E-state index contributed by atoms with van der Waals surface area (Å²) in [5.41, 5.74) is 4.88. The summed E-state index contributed by atoms with van der Waals surface area (Å²) < 4.78 is 10.5. The molecule has 31 heavy (non-hydrogen) atoms. The number of aromatic nitrogens is 1. The van der Waals surface area contributed by atoms with Crippen molar-refractivity contribution in [2.75, 3.05) is 20.3 Å². The van der Waals surface area contributed by atoms with Crippen LogP contribution in [0.15, 0.2) is 66.9 Å². The summed E-state index contributed by atoms with van der Waals surface area (Å²) in [6.45, 7) is -0.00910. The molecule has 0 saturated carbocycles. The van der Waals surface area contributed by atoms with Gasteiger partial charge in [0.05, 0.1) is 7.11 Å². The van der Waals surface area contributed by atoms with E-state index in [1.165, 1.54) is 13.3 Å². The van der Waals surface area contributed by atoms with Gasteiger partial charge in [0.2, 0.25) is 5.88 Å². The van der Waals surface area contributed by atoms with Gasteiger partial charge in [-0.15, -0.1) is 0 Å². The number of benzene rings is 2. The summed E-state index contributed by atoms with van der Waals surface area (Å²) in [5.74, 6) is 0.170. The smallest absolute Gasteiger partial charge is 0.407 e. The predicted octanol–water partition coefficient (Wildman–Crippen LogP) is 3.02. The van der Waals surface area contributed by atoms with Gasteiger partial charge in [0.25, 0.3) is 0 Å². The van der Waals surface area contributed by atoms with Gasteiger partial charge in [-0.1, -0.05) is 48.5 Å². The highest BCUT2D eigenvalue weighted by Crippen LogP contribution is 2.44. The maximum Gasteiger partial charge on any atom is 0.407 e. The van der Waals surface area contributed by atoms with Gasteiger partial charge in [-0.3, -0.25) is 0 Å². The lowest BCUT2D eigenvalue weighted by molar-refractivity contribution is 0.0169. The van der Waals surface area contributed by atoms with Crippen LogP contribution in [-0.2, 0) is 4.74 Å². The Hall–Kier alpha value is -3.42. The van der Waals surface area contributed by atoms with Gasteiger partial charge in [0.15, 0.2) is 0 Å². The Labute approximate surface area is 180 Å². The number of nitrogens with one attached hydrogen (secondary N) is 1. The van der Waals surface area contributed by atoms with E-state index in [1.54, 1.807) is 12.1 Å². The maximum atomic E-state index is 12.2. The molecule has 0 saturated heterocycles. The largest absolute Gasteiger partial charge is 0.481 e. The lowest BCUT2D eigenvalue weighted by Crippen LogP contribution is -2.36. The van der Waals surface area contributed by atoms with Crippen molar-refractivity contribution in [2.24, 2.45) is 0 Å². The van der Waals surface area contributed by atoms with E-state index in [0.29, 0.717) is 5.56 Å². The third kappa shape index (κ3) is 4.23. The van der Waals surface area contributed by atoms with Crippen molar-refractivity contribution < 1.29 is 24.5 Å². The minimum atomic E-state index is -1.27. The molecule has 160 valence electrons. The first-order valence-corrected chi connectivity index (χ1v) is 10.0. The highest BCUT2D eigenvalue weighted by atomic mass is 16.5. The number of hydrogen-bond acceptors (Lipinski definition) is 6. The van der Waals surface area contributed by atoms with E-state index in [-0.39, 0.29) is 24.9 Å². The topological polar surface area (TPSA) is 101 Å². The molecule has 0 aliphatic heterocycles. The van der Waals surface area contributed by atoms with E-state index in [9.17, 15) is 15.0 Å². The van der Waals surface area contributed by atoms with Crippen LogP contribution in [0.3, 0.4) is 0 Å². The average molecular weight is 420 g/mol. The number of alkyl carbamates (subject to hydrolysis) is 1. The van der Waals surface area contributed by atoms with Gasteiger partial charge in [-0.2, -0.15) is 0 Å². The van der Waals surface area contributed by atoms with E-state index in [1.807, 2.05) is 36.4 Å². The molecule has 2 aromatic carbocycles. The molecule has 1 amide bonds. The van der Waals surface area contributed by atoms with Crippen LogP contribution in [0.2, 0.25) is 0 Å². The van der Waals surface area contributed by atoms with Gasteiger partial charge in [-0.25, -0.2) is 9.78 Å². The number of carbonyl (C=O) groups is 1. The molecule has 3 aromatic rings. The molecule has 1 heterocycles. The SMILES string of the molecule is COc1ncccc1C(O)C(O)CNC(=O)OCC1c2ccccc2-c2ccccc21. The molecule has 7 nitrogen and oxygen atoms in total. The lowest BCUT2D eigenvalue weighted by Gasteiger charge is -2.20. The molecule has 2 unspecified atom stereocenters. The highest BCUT2D eigenvalue weighted by Gasteiger charge is 2.29. The Morgan fingerprint density at radius 3 is 2.32 bits per heavy atom. The lowest BCUT2D eigenvalue weighted by atomic mass is 9.98. The summed E-state index contributed by atoms with van der Waals surface area (Å²) in [7, 11) is 1.43. The van der Waals surface area contributed by atoms with E-state index >= 15 is 0 Å². The van der Waals surface area contributed by atoms with Crippen molar-refractivity contribution in [3.8, 4) is 17.0 Å². The minimum absolute atomic E-state index is 0.0479. The summed E-state index contributed by atoms with van der Waals surface area (Å²) in [4.78, 5) is 16.2. The second-order valence-corrected chi connectivity index (χ2v) is 7.32. The van der Waals surface area contributed by atoms with Crippen LogP contribution in [0.25, 0.3) is 11.1 Å². The first-order valence-electron chi connectivity index (χ1n) is 10.0. The number of aliphatic hydroxyl groups excluding tert-OH is 2. The van der Waals surface area contributed by atoms with Gasteiger partial charge >= 0.3 is 6.09 Å². The molecule has 0 fully saturated rings. The zero-order valence-electron chi connectivity index (χ0n) is 17.1. The Morgan fingerprint density at radius 1 is 1.03 bits per heavy atom. The van der Waals surface area contributed by atoms with Crippen LogP contribution in [-0.4, -0.2) is 47.7 Å². The second-order valence-electron chi connectivity index (χ2n) is 7.32. The Kier molecular flexibility index (Phi) is 6.16. The molecule has 3 N–H and O–H groups in total. The maximum absolute atomic E-state index is 12.2. The fourth-order valence-electron chi connectivity index (χ4n) is 3.96. The van der Waals surface area contributed by atoms with E-state index < -0.39 is 18.3 Å². The first-order chi connectivity index (χ1) is 15.1. The molecule has 7 heteroatoms. The normalized spacial score (nSPS) is 14.3. The summed E-state index contributed by atoms with van der Waals surface area (Å²) in [5, 5.41) is 23.2. The third-order valence-corrected chi connectivity index (χ3v) is 5.48. The zero-order chi connectivity index (χ0) is 21.8. The fourth-order valence-corrected chi connectivity index (χ4v) is 3.96. The van der Waals surface area contributed by atoms with Gasteiger partial charge in [-0.05, 0) is 34.4 Å². The molecule has 1 aliphatic carbocycles. The third-order valence-electron chi connectivity index (χ3n) is 5.48. The molecular weight excluding hydrogens is 396 g/mol. The van der Waals surface area contributed by atoms with Crippen LogP contribution in [0.5, 0.6) is 5.88 Å². The van der Waals surface area contributed by atoms with Crippen molar-refractivity contribution in [1.82, 2.24) is 10.3 Å². The number of aliphatic hydroxyl groups is 2. The molecule has 4 rings (SSSR count). The molecule has 1 aliphatic rings. The van der Waals surface area contributed by atoms with Crippen LogP contribution in [0, 0.1) is 0 Å². The van der Waals surface area contributed by atoms with Crippen LogP contribution < -0.4 is 10.1 Å². The Bertz CT molecular complexity index is 1030. The Balaban J connectivity index is 1.35. The van der Waals surface area contributed by atoms with Gasteiger partial charge in [0.1, 0.15) is 18.8 Å². The fraction of sp³-hybridized carbons (Fsp3) is 0.250. The standard InChI is InChI=1S/C24H24N2O5/c1-30-23-19(11-6-12-25-23)22(28)21(27)13-26-24(29)31-14-20-17-9-4-2-7-15(17)16-8-3-5-10-18(16)20/h2-12,20-22,27-28H,13-14H2,1H3,(H,26,29). The van der Waals surface area contributed by atoms with E-state index in [4.69, 9.17) is 9.47 Å². The summed E-state index contributed by atoms with van der Waals surface area (Å²) in [6.07, 6.45) is -1.65.